The van der Waals surface area contributed by atoms with Crippen molar-refractivity contribution in [1.82, 2.24) is 0 Å². The summed E-state index contributed by atoms with van der Waals surface area (Å²) < 4.78 is 0. The number of hydrogen-bond acceptors (Lipinski definition) is 2. The van der Waals surface area contributed by atoms with Crippen LogP contribution in [0.4, 0.5) is 0 Å². The third-order valence-corrected chi connectivity index (χ3v) is 16.5. The first-order chi connectivity index (χ1) is 33.2. The second-order valence-corrected chi connectivity index (χ2v) is 21.3. The highest BCUT2D eigenvalue weighted by atomic mass is 14.9. The molecule has 0 radical (unpaired) electrons. The Morgan fingerprint density at radius 2 is 1.00 bits per heavy atom. The fraction of sp³-hybridized carbons (Fsp3) is 0.212. The Labute approximate surface area is 401 Å². The fourth-order valence-corrected chi connectivity index (χ4v) is 12.9. The number of aryl methyl sites for hydroxylation is 1. The summed E-state index contributed by atoms with van der Waals surface area (Å²) in [5.74, 6) is 1.14. The van der Waals surface area contributed by atoms with Crippen molar-refractivity contribution in [2.24, 2.45) is 9.98 Å². The lowest BCUT2D eigenvalue weighted by molar-refractivity contribution is 0.331. The summed E-state index contributed by atoms with van der Waals surface area (Å²) in [6.07, 6.45) is 8.53. The normalized spacial score (nSPS) is 20.6. The zero-order valence-electron chi connectivity index (χ0n) is 39.6. The van der Waals surface area contributed by atoms with Crippen molar-refractivity contribution in [2.75, 3.05) is 0 Å². The van der Waals surface area contributed by atoms with Crippen molar-refractivity contribution in [3.8, 4) is 33.4 Å². The molecule has 1 spiro atoms. The van der Waals surface area contributed by atoms with E-state index in [1.54, 1.807) is 11.1 Å². The molecular weight excluding hydrogens is 821 g/mol. The van der Waals surface area contributed by atoms with Crippen LogP contribution in [0.15, 0.2) is 198 Å². The van der Waals surface area contributed by atoms with Gasteiger partial charge in [-0.05, 0) is 150 Å². The first kappa shape index (κ1) is 41.1. The van der Waals surface area contributed by atoms with E-state index in [-0.39, 0.29) is 10.8 Å². The number of benzene rings is 8. The van der Waals surface area contributed by atoms with Gasteiger partial charge in [-0.2, -0.15) is 0 Å². The van der Waals surface area contributed by atoms with E-state index < -0.39 is 5.41 Å². The van der Waals surface area contributed by atoms with Crippen LogP contribution in [-0.2, 0) is 22.7 Å². The largest absolute Gasteiger partial charge is 0.232 e. The monoisotopic (exact) mass is 876 g/mol. The molecule has 0 fully saturated rings. The Morgan fingerprint density at radius 3 is 1.66 bits per heavy atom. The maximum atomic E-state index is 5.53. The molecule has 0 saturated carbocycles. The van der Waals surface area contributed by atoms with Crippen LogP contribution in [-0.4, -0.2) is 11.5 Å². The molecule has 330 valence electrons. The van der Waals surface area contributed by atoms with E-state index in [0.29, 0.717) is 5.92 Å². The second kappa shape index (κ2) is 15.4. The molecule has 1 atom stereocenters. The van der Waals surface area contributed by atoms with Crippen LogP contribution < -0.4 is 0 Å². The highest BCUT2D eigenvalue weighted by molar-refractivity contribution is 6.14. The fourth-order valence-electron chi connectivity index (χ4n) is 12.9. The lowest BCUT2D eigenvalue weighted by Crippen LogP contribution is -2.34. The van der Waals surface area contributed by atoms with Gasteiger partial charge in [0.2, 0.25) is 0 Å². The zero-order valence-corrected chi connectivity index (χ0v) is 39.6. The summed E-state index contributed by atoms with van der Waals surface area (Å²) in [4.78, 5) is 11.0. The molecule has 0 saturated heterocycles. The maximum Gasteiger partial charge on any atom is 0.160 e. The molecule has 0 amide bonds. The van der Waals surface area contributed by atoms with Crippen molar-refractivity contribution in [3.05, 3.63) is 255 Å². The van der Waals surface area contributed by atoms with Crippen molar-refractivity contribution < 1.29 is 0 Å². The number of fused-ring (bicyclic) bond motifs is 14. The van der Waals surface area contributed by atoms with Crippen molar-refractivity contribution in [3.63, 3.8) is 0 Å². The van der Waals surface area contributed by atoms with E-state index in [0.717, 1.165) is 59.6 Å². The molecule has 0 N–H and O–H groups in total. The Balaban J connectivity index is 0.828. The van der Waals surface area contributed by atoms with Gasteiger partial charge in [0, 0.05) is 11.5 Å². The molecule has 1 heterocycles. The average molecular weight is 877 g/mol. The Bertz CT molecular complexity index is 3390. The Morgan fingerprint density at radius 1 is 0.441 bits per heavy atom. The Hall–Kier alpha value is -7.16. The predicted octanol–water partition coefficient (Wildman–Crippen LogP) is 16.2. The van der Waals surface area contributed by atoms with E-state index in [4.69, 9.17) is 9.98 Å². The molecule has 8 aromatic carbocycles. The van der Waals surface area contributed by atoms with Gasteiger partial charge in [-0.25, -0.2) is 9.98 Å². The quantitative estimate of drug-likeness (QED) is 0.159. The van der Waals surface area contributed by atoms with Crippen molar-refractivity contribution >= 4 is 17.2 Å². The smallest absolute Gasteiger partial charge is 0.160 e. The highest BCUT2D eigenvalue weighted by Crippen LogP contribution is 2.63. The number of hydrogen-bond donors (Lipinski definition) is 0. The minimum Gasteiger partial charge on any atom is -0.232 e. The molecule has 68 heavy (non-hydrogen) atoms. The van der Waals surface area contributed by atoms with Gasteiger partial charge in [-0.1, -0.05) is 210 Å². The van der Waals surface area contributed by atoms with Gasteiger partial charge in [0.25, 0.3) is 0 Å². The van der Waals surface area contributed by atoms with Gasteiger partial charge < -0.3 is 0 Å². The van der Waals surface area contributed by atoms with E-state index in [2.05, 4.69) is 216 Å². The first-order valence-electron chi connectivity index (χ1n) is 24.9. The van der Waals surface area contributed by atoms with Gasteiger partial charge in [0.15, 0.2) is 5.84 Å². The van der Waals surface area contributed by atoms with Crippen LogP contribution in [0.1, 0.15) is 132 Å². The standard InChI is InChI=1S/C66H56N2/c1-64(2)37-38-65(3,4)60-41-54-48(46-19-8-9-20-47(46)53(54)40-59(60)64)35-31-42-29-32-43(33-30-42)61-27-16-28-62(68-63(67-61)44-17-6-5-7-18-44)45-34-36-52-51-23-12-15-26-57(51)66(58(52)39-45)55-24-13-10-21-49(55)50-22-11-14-25-56(50)66/h5-15,17-27,29-30,32-34,36,39-41,48H,16,28,31,35,37-38H2,1-4H3/b61-27-,67-63-,68-62-. The molecular formula is C66H56N2. The average Bonchev–Trinajstić information content (AvgIpc) is 3.96. The van der Waals surface area contributed by atoms with Crippen LogP contribution in [0.2, 0.25) is 0 Å². The predicted molar refractivity (Wildman–Crippen MR) is 283 cm³/mol. The SMILES string of the molecule is CC1(C)CCC(C)(C)c2cc3c(cc21)-c1ccccc1C3CCc1ccc(C2=C/CC/C(c3ccc4c(c3)C3(c5ccccc5-c5ccccc53)c3ccccc3-4)=N/C(c3ccccc3)=N\2)cc1. The highest BCUT2D eigenvalue weighted by Gasteiger charge is 2.51. The van der Waals surface area contributed by atoms with Crippen LogP contribution in [0, 0.1) is 0 Å². The number of allylic oxidation sites excluding steroid dienone is 1. The van der Waals surface area contributed by atoms with E-state index >= 15 is 0 Å². The first-order valence-corrected chi connectivity index (χ1v) is 24.9. The van der Waals surface area contributed by atoms with Crippen LogP contribution in [0.5, 0.6) is 0 Å². The van der Waals surface area contributed by atoms with E-state index in [1.807, 2.05) is 0 Å². The lowest BCUT2D eigenvalue weighted by Gasteiger charge is -2.42. The minimum absolute atomic E-state index is 0.185. The third-order valence-electron chi connectivity index (χ3n) is 16.5. The number of aliphatic imine (C=N–C) groups is 2. The van der Waals surface area contributed by atoms with E-state index in [1.165, 1.54) is 85.2 Å². The molecule has 4 aliphatic carbocycles. The third kappa shape index (κ3) is 6.22. The van der Waals surface area contributed by atoms with Crippen molar-refractivity contribution in [1.29, 1.82) is 0 Å². The zero-order chi connectivity index (χ0) is 45.8. The van der Waals surface area contributed by atoms with Crippen LogP contribution in [0.3, 0.4) is 0 Å². The second-order valence-electron chi connectivity index (χ2n) is 21.3. The Kier molecular flexibility index (Phi) is 9.32. The number of amidine groups is 1. The number of nitrogens with zero attached hydrogens (tertiary/aromatic N) is 2. The van der Waals surface area contributed by atoms with Gasteiger partial charge in [-0.15, -0.1) is 0 Å². The summed E-state index contributed by atoms with van der Waals surface area (Å²) in [5.41, 5.74) is 26.3. The summed E-state index contributed by atoms with van der Waals surface area (Å²) in [5, 5.41) is 0. The summed E-state index contributed by atoms with van der Waals surface area (Å²) in [6, 6.07) is 68.3. The van der Waals surface area contributed by atoms with E-state index in [9.17, 15) is 0 Å². The van der Waals surface area contributed by atoms with Crippen LogP contribution in [0.25, 0.3) is 39.1 Å². The molecule has 5 aliphatic rings. The summed E-state index contributed by atoms with van der Waals surface area (Å²) in [7, 11) is 0. The number of rotatable bonds is 6. The minimum atomic E-state index is -0.396. The molecule has 1 aliphatic heterocycles. The molecule has 0 bridgehead atoms. The molecule has 2 heteroatoms. The molecule has 13 rings (SSSR count). The molecule has 0 aromatic heterocycles. The van der Waals surface area contributed by atoms with Gasteiger partial charge in [0.1, 0.15) is 0 Å². The van der Waals surface area contributed by atoms with Gasteiger partial charge in [-0.3, -0.25) is 0 Å². The maximum absolute atomic E-state index is 5.53. The van der Waals surface area contributed by atoms with Crippen LogP contribution >= 0.6 is 0 Å². The summed E-state index contributed by atoms with van der Waals surface area (Å²) >= 11 is 0. The van der Waals surface area contributed by atoms with Gasteiger partial charge >= 0.3 is 0 Å². The topological polar surface area (TPSA) is 24.7 Å². The lowest BCUT2D eigenvalue weighted by atomic mass is 9.62. The molecule has 1 unspecified atom stereocenters. The summed E-state index contributed by atoms with van der Waals surface area (Å²) in [6.45, 7) is 9.79. The van der Waals surface area contributed by atoms with Crippen molar-refractivity contribution in [2.45, 2.75) is 88.4 Å². The molecule has 8 aromatic rings. The molecule has 2 nitrogen and oxygen atoms in total. The van der Waals surface area contributed by atoms with Gasteiger partial charge in [0.05, 0.1) is 16.8 Å².